The standard InChI is InChI=1S/C31H53NO2/c1-2-3-4-5-6-7-8-9-10-11-12-13-14-15-16-17-21-24-30(33)34-31(25-27-32-28-26-31)29-22-19-18-20-23-29/h18-20,22-23,32H,2-17,21,24-28H2,1H3. The van der Waals surface area contributed by atoms with Crippen LogP contribution in [-0.2, 0) is 15.1 Å². The van der Waals surface area contributed by atoms with Crippen LogP contribution in [0.5, 0.6) is 0 Å². The summed E-state index contributed by atoms with van der Waals surface area (Å²) in [5.74, 6) is -0.0216. The summed E-state index contributed by atoms with van der Waals surface area (Å²) in [4.78, 5) is 12.6. The first kappa shape index (κ1) is 28.9. The van der Waals surface area contributed by atoms with E-state index in [0.717, 1.165) is 44.3 Å². The van der Waals surface area contributed by atoms with Gasteiger partial charge in [0, 0.05) is 19.3 Å². The van der Waals surface area contributed by atoms with Gasteiger partial charge in [-0.05, 0) is 25.1 Å². The molecule has 0 aromatic heterocycles. The van der Waals surface area contributed by atoms with Crippen molar-refractivity contribution in [3.8, 4) is 0 Å². The summed E-state index contributed by atoms with van der Waals surface area (Å²) >= 11 is 0. The highest BCUT2D eigenvalue weighted by atomic mass is 16.6. The fourth-order valence-electron chi connectivity index (χ4n) is 5.29. The maximum absolute atomic E-state index is 12.6. The minimum Gasteiger partial charge on any atom is -0.454 e. The molecule has 194 valence electrons. The van der Waals surface area contributed by atoms with Gasteiger partial charge in [-0.25, -0.2) is 0 Å². The molecule has 0 atom stereocenters. The van der Waals surface area contributed by atoms with Crippen LogP contribution in [0.4, 0.5) is 0 Å². The highest BCUT2D eigenvalue weighted by Crippen LogP contribution is 2.35. The second-order valence-corrected chi connectivity index (χ2v) is 10.5. The van der Waals surface area contributed by atoms with Gasteiger partial charge in [0.25, 0.3) is 0 Å². The largest absolute Gasteiger partial charge is 0.454 e. The summed E-state index contributed by atoms with van der Waals surface area (Å²) in [5.41, 5.74) is 0.713. The molecule has 0 aliphatic carbocycles. The molecule has 1 aliphatic heterocycles. The molecule has 1 aromatic carbocycles. The topological polar surface area (TPSA) is 38.3 Å². The van der Waals surface area contributed by atoms with Gasteiger partial charge >= 0.3 is 5.97 Å². The number of ether oxygens (including phenoxy) is 1. The molecule has 1 aromatic rings. The van der Waals surface area contributed by atoms with Crippen molar-refractivity contribution in [1.29, 1.82) is 0 Å². The number of unbranched alkanes of at least 4 members (excludes halogenated alkanes) is 16. The first-order chi connectivity index (χ1) is 16.8. The maximum Gasteiger partial charge on any atom is 0.306 e. The van der Waals surface area contributed by atoms with E-state index in [-0.39, 0.29) is 5.97 Å². The minimum absolute atomic E-state index is 0.0216. The van der Waals surface area contributed by atoms with Gasteiger partial charge in [-0.1, -0.05) is 140 Å². The summed E-state index contributed by atoms with van der Waals surface area (Å²) < 4.78 is 6.11. The molecule has 0 unspecified atom stereocenters. The third-order valence-corrected chi connectivity index (χ3v) is 7.50. The number of carbonyl (C=O) groups excluding carboxylic acids is 1. The Morgan fingerprint density at radius 1 is 0.706 bits per heavy atom. The average molecular weight is 472 g/mol. The normalized spacial score (nSPS) is 15.3. The van der Waals surface area contributed by atoms with E-state index in [1.165, 1.54) is 96.3 Å². The third kappa shape index (κ3) is 12.4. The molecule has 1 heterocycles. The molecule has 1 saturated heterocycles. The third-order valence-electron chi connectivity index (χ3n) is 7.50. The molecule has 2 rings (SSSR count). The van der Waals surface area contributed by atoms with Gasteiger partial charge in [-0.3, -0.25) is 4.79 Å². The lowest BCUT2D eigenvalue weighted by Gasteiger charge is -2.37. The Bertz CT molecular complexity index is 609. The van der Waals surface area contributed by atoms with E-state index in [0.29, 0.717) is 6.42 Å². The lowest BCUT2D eigenvalue weighted by molar-refractivity contribution is -0.164. The van der Waals surface area contributed by atoms with Crippen molar-refractivity contribution < 1.29 is 9.53 Å². The molecule has 3 nitrogen and oxygen atoms in total. The number of hydrogen-bond acceptors (Lipinski definition) is 3. The first-order valence-electron chi connectivity index (χ1n) is 14.7. The number of piperidine rings is 1. The number of benzene rings is 1. The lowest BCUT2D eigenvalue weighted by Crippen LogP contribution is -2.43. The van der Waals surface area contributed by atoms with E-state index in [1.54, 1.807) is 0 Å². The van der Waals surface area contributed by atoms with Crippen LogP contribution < -0.4 is 5.32 Å². The van der Waals surface area contributed by atoms with E-state index in [4.69, 9.17) is 4.74 Å². The summed E-state index contributed by atoms with van der Waals surface area (Å²) in [6.45, 7) is 4.10. The second-order valence-electron chi connectivity index (χ2n) is 10.5. The molecule has 0 spiro atoms. The van der Waals surface area contributed by atoms with Crippen LogP contribution in [0.3, 0.4) is 0 Å². The number of carbonyl (C=O) groups is 1. The van der Waals surface area contributed by atoms with Crippen molar-refractivity contribution in [3.05, 3.63) is 35.9 Å². The van der Waals surface area contributed by atoms with E-state index in [9.17, 15) is 4.79 Å². The number of rotatable bonds is 20. The molecular weight excluding hydrogens is 418 g/mol. The summed E-state index contributed by atoms with van der Waals surface area (Å²) in [5, 5.41) is 3.39. The highest BCUT2D eigenvalue weighted by Gasteiger charge is 2.37. The smallest absolute Gasteiger partial charge is 0.306 e. The van der Waals surface area contributed by atoms with Crippen LogP contribution in [-0.4, -0.2) is 19.1 Å². The van der Waals surface area contributed by atoms with Crippen molar-refractivity contribution in [1.82, 2.24) is 5.32 Å². The van der Waals surface area contributed by atoms with Gasteiger partial charge in [0.15, 0.2) is 0 Å². The quantitative estimate of drug-likeness (QED) is 0.152. The van der Waals surface area contributed by atoms with Gasteiger partial charge in [0.05, 0.1) is 0 Å². The lowest BCUT2D eigenvalue weighted by atomic mass is 9.84. The van der Waals surface area contributed by atoms with E-state index in [2.05, 4.69) is 24.4 Å². The van der Waals surface area contributed by atoms with Crippen molar-refractivity contribution >= 4 is 5.97 Å². The van der Waals surface area contributed by atoms with Crippen LogP contribution in [0.15, 0.2) is 30.3 Å². The van der Waals surface area contributed by atoms with Crippen LogP contribution in [0.1, 0.15) is 141 Å². The van der Waals surface area contributed by atoms with Crippen molar-refractivity contribution in [2.24, 2.45) is 0 Å². The molecule has 34 heavy (non-hydrogen) atoms. The van der Waals surface area contributed by atoms with Crippen LogP contribution >= 0.6 is 0 Å². The molecule has 1 fully saturated rings. The maximum atomic E-state index is 12.6. The van der Waals surface area contributed by atoms with Crippen LogP contribution in [0, 0.1) is 0 Å². The Morgan fingerprint density at radius 3 is 1.62 bits per heavy atom. The van der Waals surface area contributed by atoms with Gasteiger partial charge < -0.3 is 10.1 Å². The fourth-order valence-corrected chi connectivity index (χ4v) is 5.29. The first-order valence-corrected chi connectivity index (χ1v) is 14.7. The van der Waals surface area contributed by atoms with Crippen molar-refractivity contribution in [2.45, 2.75) is 141 Å². The number of nitrogens with one attached hydrogen (secondary N) is 1. The van der Waals surface area contributed by atoms with E-state index in [1.807, 2.05) is 18.2 Å². The second kappa shape index (κ2) is 18.9. The molecular formula is C31H53NO2. The Morgan fingerprint density at radius 2 is 1.15 bits per heavy atom. The summed E-state index contributed by atoms with van der Waals surface area (Å²) in [6, 6.07) is 10.3. The highest BCUT2D eigenvalue weighted by molar-refractivity contribution is 5.70. The Labute approximate surface area is 210 Å². The van der Waals surface area contributed by atoms with E-state index < -0.39 is 5.60 Å². The zero-order chi connectivity index (χ0) is 24.2. The molecule has 1 N–H and O–H groups in total. The fraction of sp³-hybridized carbons (Fsp3) is 0.774. The number of hydrogen-bond donors (Lipinski definition) is 1. The SMILES string of the molecule is CCCCCCCCCCCCCCCCCCCC(=O)OC1(c2ccccc2)CCNCC1. The molecule has 0 saturated carbocycles. The van der Waals surface area contributed by atoms with Crippen LogP contribution in [0.25, 0.3) is 0 Å². The van der Waals surface area contributed by atoms with Crippen molar-refractivity contribution in [3.63, 3.8) is 0 Å². The van der Waals surface area contributed by atoms with Gasteiger partial charge in [-0.15, -0.1) is 0 Å². The molecule has 0 amide bonds. The number of esters is 1. The molecule has 3 heteroatoms. The van der Waals surface area contributed by atoms with Gasteiger partial charge in [0.2, 0.25) is 0 Å². The van der Waals surface area contributed by atoms with Gasteiger partial charge in [-0.2, -0.15) is 0 Å². The van der Waals surface area contributed by atoms with Gasteiger partial charge in [0.1, 0.15) is 5.60 Å². The monoisotopic (exact) mass is 471 g/mol. The molecule has 0 radical (unpaired) electrons. The zero-order valence-electron chi connectivity index (χ0n) is 22.3. The summed E-state index contributed by atoms with van der Waals surface area (Å²) in [7, 11) is 0. The Balaban J connectivity index is 1.42. The molecule has 1 aliphatic rings. The minimum atomic E-state index is -0.432. The Kier molecular flexibility index (Phi) is 16.1. The van der Waals surface area contributed by atoms with E-state index >= 15 is 0 Å². The summed E-state index contributed by atoms with van der Waals surface area (Å²) in [6.07, 6.45) is 25.4. The molecule has 0 bridgehead atoms. The zero-order valence-corrected chi connectivity index (χ0v) is 22.3. The predicted molar refractivity (Wildman–Crippen MR) is 145 cm³/mol. The average Bonchev–Trinajstić information content (AvgIpc) is 2.87. The Hall–Kier alpha value is -1.35. The van der Waals surface area contributed by atoms with Crippen LogP contribution in [0.2, 0.25) is 0 Å². The van der Waals surface area contributed by atoms with Crippen molar-refractivity contribution in [2.75, 3.05) is 13.1 Å². The predicted octanol–water partition coefficient (Wildman–Crippen LogP) is 8.85.